The zero-order valence-corrected chi connectivity index (χ0v) is 13.2. The Hall–Kier alpha value is -1.86. The summed E-state index contributed by atoms with van der Waals surface area (Å²) in [5.41, 5.74) is 5.52. The molecule has 1 aliphatic rings. The summed E-state index contributed by atoms with van der Waals surface area (Å²) in [6.07, 6.45) is 0.862. The van der Waals surface area contributed by atoms with Crippen LogP contribution in [0.25, 0.3) is 0 Å². The normalized spacial score (nSPS) is 20.4. The van der Waals surface area contributed by atoms with Crippen LogP contribution in [0.4, 0.5) is 5.69 Å². The van der Waals surface area contributed by atoms with Crippen molar-refractivity contribution in [3.05, 3.63) is 34.4 Å². The van der Waals surface area contributed by atoms with Gasteiger partial charge >= 0.3 is 5.69 Å². The molecule has 2 N–H and O–H groups in total. The first-order chi connectivity index (χ1) is 9.95. The van der Waals surface area contributed by atoms with E-state index in [-0.39, 0.29) is 41.8 Å². The predicted octanol–water partition coefficient (Wildman–Crippen LogP) is 1.59. The fourth-order valence-corrected chi connectivity index (χ4v) is 2.36. The molecule has 8 heteroatoms. The van der Waals surface area contributed by atoms with Crippen LogP contribution in [0.15, 0.2) is 24.3 Å². The molecule has 1 aliphatic heterocycles. The second-order valence-corrected chi connectivity index (χ2v) is 5.59. The number of benzene rings is 1. The molecule has 0 bridgehead atoms. The van der Waals surface area contributed by atoms with E-state index in [1.54, 1.807) is 17.0 Å². The highest BCUT2D eigenvalue weighted by Gasteiger charge is 2.35. The van der Waals surface area contributed by atoms with Gasteiger partial charge < -0.3 is 15.4 Å². The Bertz CT molecular complexity index is 555. The molecule has 7 nitrogen and oxygen atoms in total. The number of nitrogens with zero attached hydrogens (tertiary/aromatic N) is 2. The Morgan fingerprint density at radius 3 is 2.77 bits per heavy atom. The molecule has 1 aromatic carbocycles. The summed E-state index contributed by atoms with van der Waals surface area (Å²) in [6, 6.07) is 6.02. The summed E-state index contributed by atoms with van der Waals surface area (Å²) >= 11 is 0. The molecule has 22 heavy (non-hydrogen) atoms. The molecule has 0 spiro atoms. The van der Waals surface area contributed by atoms with Crippen molar-refractivity contribution in [2.24, 2.45) is 11.1 Å². The average Bonchev–Trinajstić information content (AvgIpc) is 2.88. The van der Waals surface area contributed by atoms with Crippen molar-refractivity contribution >= 4 is 24.0 Å². The molecule has 0 aliphatic carbocycles. The monoisotopic (exact) mass is 329 g/mol. The highest BCUT2D eigenvalue weighted by molar-refractivity contribution is 5.85. The van der Waals surface area contributed by atoms with Gasteiger partial charge in [0.1, 0.15) is 0 Å². The molecule has 0 aromatic heterocycles. The molecule has 122 valence electrons. The molecule has 2 rings (SSSR count). The second kappa shape index (κ2) is 7.42. The predicted molar refractivity (Wildman–Crippen MR) is 84.2 cm³/mol. The molecule has 1 aromatic rings. The zero-order valence-electron chi connectivity index (χ0n) is 12.4. The van der Waals surface area contributed by atoms with E-state index in [9.17, 15) is 14.9 Å². The SMILES string of the molecule is CC1(CN)CCN(C(=O)COc2ccccc2[N+](=O)[O-])C1.Cl. The van der Waals surface area contributed by atoms with E-state index in [1.165, 1.54) is 12.1 Å². The number of carbonyl (C=O) groups excluding carboxylic acids is 1. The Balaban J connectivity index is 0.00000242. The third-order valence-corrected chi connectivity index (χ3v) is 3.82. The Morgan fingerprint density at radius 1 is 1.50 bits per heavy atom. The zero-order chi connectivity index (χ0) is 15.5. The summed E-state index contributed by atoms with van der Waals surface area (Å²) in [4.78, 5) is 24.1. The molecular formula is C14H20ClN3O4. The van der Waals surface area contributed by atoms with Crippen molar-refractivity contribution in [1.82, 2.24) is 4.90 Å². The number of rotatable bonds is 5. The third-order valence-electron chi connectivity index (χ3n) is 3.82. The minimum absolute atomic E-state index is 0. The quantitative estimate of drug-likeness (QED) is 0.653. The van der Waals surface area contributed by atoms with E-state index >= 15 is 0 Å². The van der Waals surface area contributed by atoms with Crippen LogP contribution >= 0.6 is 12.4 Å². The fourth-order valence-electron chi connectivity index (χ4n) is 2.36. The maximum atomic E-state index is 12.1. The number of nitro groups is 1. The topological polar surface area (TPSA) is 98.7 Å². The number of halogens is 1. The minimum Gasteiger partial charge on any atom is -0.477 e. The summed E-state index contributed by atoms with van der Waals surface area (Å²) in [5, 5.41) is 10.9. The molecular weight excluding hydrogens is 310 g/mol. The summed E-state index contributed by atoms with van der Waals surface area (Å²) in [7, 11) is 0. The number of nitro benzene ring substituents is 1. The van der Waals surface area contributed by atoms with Crippen molar-refractivity contribution in [3.8, 4) is 5.75 Å². The van der Waals surface area contributed by atoms with Gasteiger partial charge in [0.05, 0.1) is 4.92 Å². The van der Waals surface area contributed by atoms with Gasteiger partial charge in [-0.05, 0) is 24.4 Å². The number of likely N-dealkylation sites (tertiary alicyclic amines) is 1. The molecule has 1 fully saturated rings. The van der Waals surface area contributed by atoms with Crippen molar-refractivity contribution in [2.45, 2.75) is 13.3 Å². The van der Waals surface area contributed by atoms with E-state index in [0.29, 0.717) is 19.6 Å². The van der Waals surface area contributed by atoms with E-state index in [4.69, 9.17) is 10.5 Å². The van der Waals surface area contributed by atoms with Crippen molar-refractivity contribution in [1.29, 1.82) is 0 Å². The number of hydrogen-bond acceptors (Lipinski definition) is 5. The third kappa shape index (κ3) is 4.08. The lowest BCUT2D eigenvalue weighted by molar-refractivity contribution is -0.385. The Morgan fingerprint density at radius 2 is 2.18 bits per heavy atom. The van der Waals surface area contributed by atoms with Gasteiger partial charge in [-0.1, -0.05) is 19.1 Å². The lowest BCUT2D eigenvalue weighted by Gasteiger charge is -2.22. The van der Waals surface area contributed by atoms with Crippen LogP contribution in [-0.2, 0) is 4.79 Å². The lowest BCUT2D eigenvalue weighted by Crippen LogP contribution is -2.36. The Kier molecular flexibility index (Phi) is 6.13. The van der Waals surface area contributed by atoms with Gasteiger partial charge in [0.15, 0.2) is 12.4 Å². The first-order valence-electron chi connectivity index (χ1n) is 6.79. The number of ether oxygens (including phenoxy) is 1. The molecule has 0 radical (unpaired) electrons. The molecule has 1 atom stereocenters. The highest BCUT2D eigenvalue weighted by Crippen LogP contribution is 2.29. The molecule has 0 saturated carbocycles. The molecule has 1 heterocycles. The van der Waals surface area contributed by atoms with Crippen LogP contribution < -0.4 is 10.5 Å². The first kappa shape index (κ1) is 18.2. The van der Waals surface area contributed by atoms with Gasteiger partial charge in [-0.25, -0.2) is 0 Å². The van der Waals surface area contributed by atoms with Gasteiger partial charge in [0, 0.05) is 19.2 Å². The maximum absolute atomic E-state index is 12.1. The maximum Gasteiger partial charge on any atom is 0.310 e. The van der Waals surface area contributed by atoms with E-state index < -0.39 is 4.92 Å². The molecule has 1 unspecified atom stereocenters. The van der Waals surface area contributed by atoms with Crippen LogP contribution in [0.5, 0.6) is 5.75 Å². The number of hydrogen-bond donors (Lipinski definition) is 1. The van der Waals surface area contributed by atoms with Gasteiger partial charge in [-0.3, -0.25) is 14.9 Å². The largest absolute Gasteiger partial charge is 0.477 e. The average molecular weight is 330 g/mol. The summed E-state index contributed by atoms with van der Waals surface area (Å²) < 4.78 is 5.31. The van der Waals surface area contributed by atoms with Crippen molar-refractivity contribution < 1.29 is 14.5 Å². The molecule has 1 amide bonds. The van der Waals surface area contributed by atoms with Gasteiger partial charge in [0.25, 0.3) is 5.91 Å². The molecule has 1 saturated heterocycles. The number of nitrogens with two attached hydrogens (primary N) is 1. The van der Waals surface area contributed by atoms with E-state index in [2.05, 4.69) is 0 Å². The minimum atomic E-state index is -0.527. The number of para-hydroxylation sites is 2. The van der Waals surface area contributed by atoms with Crippen molar-refractivity contribution in [3.63, 3.8) is 0 Å². The van der Waals surface area contributed by atoms with E-state index in [1.807, 2.05) is 6.92 Å². The van der Waals surface area contributed by atoms with Gasteiger partial charge in [0.2, 0.25) is 0 Å². The van der Waals surface area contributed by atoms with Crippen LogP contribution in [-0.4, -0.2) is 42.0 Å². The number of carbonyl (C=O) groups is 1. The van der Waals surface area contributed by atoms with Crippen LogP contribution in [0.1, 0.15) is 13.3 Å². The summed E-state index contributed by atoms with van der Waals surface area (Å²) in [5.74, 6) is -0.0676. The standard InChI is InChI=1S/C14H19N3O4.ClH/c1-14(9-15)6-7-16(10-14)13(18)8-21-12-5-3-2-4-11(12)17(19)20;/h2-5H,6-10,15H2,1H3;1H. The van der Waals surface area contributed by atoms with Gasteiger partial charge in [-0.15, -0.1) is 12.4 Å². The van der Waals surface area contributed by atoms with E-state index in [0.717, 1.165) is 6.42 Å². The van der Waals surface area contributed by atoms with Crippen LogP contribution in [0.3, 0.4) is 0 Å². The van der Waals surface area contributed by atoms with Crippen LogP contribution in [0, 0.1) is 15.5 Å². The second-order valence-electron chi connectivity index (χ2n) is 5.59. The smallest absolute Gasteiger partial charge is 0.310 e. The van der Waals surface area contributed by atoms with Crippen molar-refractivity contribution in [2.75, 3.05) is 26.2 Å². The van der Waals surface area contributed by atoms with Crippen LogP contribution in [0.2, 0.25) is 0 Å². The highest BCUT2D eigenvalue weighted by atomic mass is 35.5. The summed E-state index contributed by atoms with van der Waals surface area (Å²) in [6.45, 7) is 3.62. The lowest BCUT2D eigenvalue weighted by atomic mass is 9.90. The number of amides is 1. The van der Waals surface area contributed by atoms with Gasteiger partial charge in [-0.2, -0.15) is 0 Å². The fraction of sp³-hybridized carbons (Fsp3) is 0.500. The first-order valence-corrected chi connectivity index (χ1v) is 6.79. The Labute approximate surface area is 135 Å².